The summed E-state index contributed by atoms with van der Waals surface area (Å²) >= 11 is 0. The van der Waals surface area contributed by atoms with Gasteiger partial charge in [-0.1, -0.05) is 5.57 Å². The maximum Gasteiger partial charge on any atom is 0.410 e. The van der Waals surface area contributed by atoms with Crippen LogP contribution >= 0.6 is 0 Å². The van der Waals surface area contributed by atoms with Crippen LogP contribution in [0.3, 0.4) is 0 Å². The molecule has 1 saturated heterocycles. The molecule has 18 heavy (non-hydrogen) atoms. The lowest BCUT2D eigenvalue weighted by atomic mass is 9.97. The number of piperidine rings is 1. The molecule has 6 heteroatoms. The summed E-state index contributed by atoms with van der Waals surface area (Å²) in [6.07, 6.45) is 1.75. The van der Waals surface area contributed by atoms with Gasteiger partial charge in [0.25, 0.3) is 0 Å². The molecule has 1 rings (SSSR count). The molecule has 0 saturated carbocycles. The number of amides is 1. The molecule has 0 aliphatic carbocycles. The third-order valence-electron chi connectivity index (χ3n) is 2.74. The minimum absolute atomic E-state index is 0.252. The van der Waals surface area contributed by atoms with Crippen LogP contribution in [0.4, 0.5) is 4.79 Å². The van der Waals surface area contributed by atoms with Gasteiger partial charge in [0.15, 0.2) is 0 Å². The van der Waals surface area contributed by atoms with E-state index in [1.807, 2.05) is 6.07 Å². The number of nitriles is 1. The highest BCUT2D eigenvalue weighted by Crippen LogP contribution is 2.23. The number of rotatable bonds is 2. The zero-order chi connectivity index (χ0) is 13.5. The molecular formula is C12H16N2O4. The average Bonchev–Trinajstić information content (AvgIpc) is 2.38. The second kappa shape index (κ2) is 6.64. The maximum absolute atomic E-state index is 11.8. The molecule has 1 heterocycles. The molecular weight excluding hydrogens is 236 g/mol. The van der Waals surface area contributed by atoms with E-state index >= 15 is 0 Å². The molecule has 6 nitrogen and oxygen atoms in total. The lowest BCUT2D eigenvalue weighted by Gasteiger charge is -2.33. The smallest absolute Gasteiger partial charge is 0.410 e. The first-order valence-corrected chi connectivity index (χ1v) is 5.72. The van der Waals surface area contributed by atoms with E-state index in [-0.39, 0.29) is 6.61 Å². The maximum atomic E-state index is 11.8. The van der Waals surface area contributed by atoms with Gasteiger partial charge in [0.1, 0.15) is 6.04 Å². The molecule has 1 aliphatic heterocycles. The normalized spacial score (nSPS) is 21.3. The molecule has 1 aliphatic rings. The summed E-state index contributed by atoms with van der Waals surface area (Å²) in [4.78, 5) is 24.7. The highest BCUT2D eigenvalue weighted by Gasteiger charge is 2.35. The van der Waals surface area contributed by atoms with E-state index in [2.05, 4.69) is 4.74 Å². The summed E-state index contributed by atoms with van der Waals surface area (Å²) in [6.45, 7) is 2.31. The van der Waals surface area contributed by atoms with Gasteiger partial charge in [-0.05, 0) is 13.3 Å². The van der Waals surface area contributed by atoms with E-state index in [9.17, 15) is 9.59 Å². The minimum Gasteiger partial charge on any atom is -0.464 e. The van der Waals surface area contributed by atoms with Crippen molar-refractivity contribution in [2.24, 2.45) is 0 Å². The van der Waals surface area contributed by atoms with Crippen LogP contribution in [-0.2, 0) is 14.3 Å². The van der Waals surface area contributed by atoms with Gasteiger partial charge in [0, 0.05) is 19.0 Å². The van der Waals surface area contributed by atoms with Gasteiger partial charge >= 0.3 is 12.1 Å². The monoisotopic (exact) mass is 252 g/mol. The van der Waals surface area contributed by atoms with E-state index < -0.39 is 18.1 Å². The van der Waals surface area contributed by atoms with Gasteiger partial charge < -0.3 is 9.47 Å². The Morgan fingerprint density at radius 3 is 2.89 bits per heavy atom. The molecule has 0 N–H and O–H groups in total. The number of allylic oxidation sites excluding steroid dienone is 1. The van der Waals surface area contributed by atoms with Crippen LogP contribution in [0.15, 0.2) is 11.6 Å². The Bertz CT molecular complexity index is 397. The second-order valence-corrected chi connectivity index (χ2v) is 3.82. The van der Waals surface area contributed by atoms with Crippen LogP contribution in [0, 0.1) is 11.3 Å². The first-order chi connectivity index (χ1) is 8.63. The largest absolute Gasteiger partial charge is 0.464 e. The van der Waals surface area contributed by atoms with E-state index in [4.69, 9.17) is 10.00 Å². The average molecular weight is 252 g/mol. The fraction of sp³-hybridized carbons (Fsp3) is 0.583. The van der Waals surface area contributed by atoms with Crippen molar-refractivity contribution in [3.05, 3.63) is 11.6 Å². The van der Waals surface area contributed by atoms with Crippen molar-refractivity contribution in [3.63, 3.8) is 0 Å². The first-order valence-electron chi connectivity index (χ1n) is 5.72. The SMILES string of the molecule is CCOC(=O)C1C/C(=C\C#N)CCN1C(=O)OC. The van der Waals surface area contributed by atoms with E-state index in [1.54, 1.807) is 6.92 Å². The molecule has 1 amide bonds. The molecule has 1 atom stereocenters. The molecule has 98 valence electrons. The van der Waals surface area contributed by atoms with E-state index in [0.717, 1.165) is 5.57 Å². The predicted molar refractivity (Wildman–Crippen MR) is 62.5 cm³/mol. The summed E-state index contributed by atoms with van der Waals surface area (Å²) in [5.74, 6) is -0.466. The highest BCUT2D eigenvalue weighted by molar-refractivity contribution is 5.82. The third-order valence-corrected chi connectivity index (χ3v) is 2.74. The molecule has 1 fully saturated rings. The summed E-state index contributed by atoms with van der Waals surface area (Å²) in [5.41, 5.74) is 0.843. The molecule has 0 spiro atoms. The van der Waals surface area contributed by atoms with Crippen molar-refractivity contribution in [2.45, 2.75) is 25.8 Å². The second-order valence-electron chi connectivity index (χ2n) is 3.82. The van der Waals surface area contributed by atoms with Crippen LogP contribution in [0.5, 0.6) is 0 Å². The molecule has 0 aromatic carbocycles. The number of hydrogen-bond donors (Lipinski definition) is 0. The summed E-state index contributed by atoms with van der Waals surface area (Å²) < 4.78 is 9.57. The quantitative estimate of drug-likeness (QED) is 0.545. The Morgan fingerprint density at radius 1 is 1.61 bits per heavy atom. The number of hydrogen-bond acceptors (Lipinski definition) is 5. The van der Waals surface area contributed by atoms with E-state index in [1.165, 1.54) is 18.1 Å². The van der Waals surface area contributed by atoms with Crippen molar-refractivity contribution in [3.8, 4) is 6.07 Å². The van der Waals surface area contributed by atoms with E-state index in [0.29, 0.717) is 19.4 Å². The van der Waals surface area contributed by atoms with Crippen LogP contribution in [0.1, 0.15) is 19.8 Å². The first kappa shape index (κ1) is 14.0. The van der Waals surface area contributed by atoms with Gasteiger partial charge in [0.2, 0.25) is 0 Å². The molecule has 0 aromatic heterocycles. The summed E-state index contributed by atoms with van der Waals surface area (Å²) in [5, 5.41) is 8.62. The van der Waals surface area contributed by atoms with Crippen molar-refractivity contribution in [1.29, 1.82) is 5.26 Å². The van der Waals surface area contributed by atoms with Crippen LogP contribution in [0.25, 0.3) is 0 Å². The molecule has 0 radical (unpaired) electrons. The summed E-state index contributed by atoms with van der Waals surface area (Å²) in [7, 11) is 1.27. The number of carbonyl (C=O) groups is 2. The van der Waals surface area contributed by atoms with Gasteiger partial charge in [-0.2, -0.15) is 5.26 Å². The molecule has 0 bridgehead atoms. The fourth-order valence-electron chi connectivity index (χ4n) is 1.89. The van der Waals surface area contributed by atoms with Crippen LogP contribution in [-0.4, -0.2) is 43.3 Å². The highest BCUT2D eigenvalue weighted by atomic mass is 16.6. The number of likely N-dealkylation sites (tertiary alicyclic amines) is 1. The van der Waals surface area contributed by atoms with Gasteiger partial charge in [-0.3, -0.25) is 4.90 Å². The zero-order valence-electron chi connectivity index (χ0n) is 10.5. The standard InChI is InChI=1S/C12H16N2O4/c1-3-18-11(15)10-8-9(4-6-13)5-7-14(10)12(16)17-2/h4,10H,3,5,7-8H2,1-2H3/b9-4-. The lowest BCUT2D eigenvalue weighted by molar-refractivity contribution is -0.149. The minimum atomic E-state index is -0.703. The van der Waals surface area contributed by atoms with Crippen molar-refractivity contribution >= 4 is 12.1 Å². The Balaban J connectivity index is 2.86. The van der Waals surface area contributed by atoms with Crippen LogP contribution in [0.2, 0.25) is 0 Å². The number of carbonyl (C=O) groups excluding carboxylic acids is 2. The third kappa shape index (κ3) is 3.23. The predicted octanol–water partition coefficient (Wildman–Crippen LogP) is 1.23. The van der Waals surface area contributed by atoms with Gasteiger partial charge in [-0.25, -0.2) is 9.59 Å². The van der Waals surface area contributed by atoms with Gasteiger partial charge in [-0.15, -0.1) is 0 Å². The number of methoxy groups -OCH3 is 1. The van der Waals surface area contributed by atoms with Crippen LogP contribution < -0.4 is 0 Å². The topological polar surface area (TPSA) is 79.6 Å². The Kier molecular flexibility index (Phi) is 5.18. The number of nitrogens with zero attached hydrogens (tertiary/aromatic N) is 2. The fourth-order valence-corrected chi connectivity index (χ4v) is 1.89. The number of esters is 1. The van der Waals surface area contributed by atoms with Gasteiger partial charge in [0.05, 0.1) is 19.8 Å². The lowest BCUT2D eigenvalue weighted by Crippen LogP contribution is -2.49. The van der Waals surface area contributed by atoms with Crippen molar-refractivity contribution in [2.75, 3.05) is 20.3 Å². The number of ether oxygens (including phenoxy) is 2. The summed E-state index contributed by atoms with van der Waals surface area (Å²) in [6, 6.07) is 1.24. The Morgan fingerprint density at radius 2 is 2.33 bits per heavy atom. The zero-order valence-corrected chi connectivity index (χ0v) is 10.5. The Hall–Kier alpha value is -2.03. The Labute approximate surface area is 106 Å². The molecule has 1 unspecified atom stereocenters. The van der Waals surface area contributed by atoms with Crippen molar-refractivity contribution in [1.82, 2.24) is 4.90 Å². The molecule has 0 aromatic rings. The van der Waals surface area contributed by atoms with Crippen molar-refractivity contribution < 1.29 is 19.1 Å².